The lowest BCUT2D eigenvalue weighted by Gasteiger charge is -2.33. The highest BCUT2D eigenvalue weighted by Crippen LogP contribution is 2.30. The summed E-state index contributed by atoms with van der Waals surface area (Å²) in [5.74, 6) is 0.801. The molecule has 0 saturated carbocycles. The molecule has 1 aliphatic heterocycles. The third kappa shape index (κ3) is 6.47. The molecule has 3 aromatic rings. The number of likely N-dealkylation sites (tertiary alicyclic amines) is 1. The normalized spacial score (nSPS) is 17.2. The molecule has 0 aliphatic carbocycles. The Morgan fingerprint density at radius 3 is 2.62 bits per heavy atom. The number of aromatic nitrogens is 4. The summed E-state index contributed by atoms with van der Waals surface area (Å²) in [7, 11) is 0. The molecule has 1 aliphatic rings. The number of rotatable bonds is 7. The SMILES string of the molecule is CSc1ccccc1C(C)Nc1nc(OC2CCCN(C(=O)OC(C)(C)C)C2)nc2c(C(C)C)cnn12. The number of carbonyl (C=O) groups is 1. The number of amides is 1. The van der Waals surface area contributed by atoms with E-state index in [0.29, 0.717) is 24.7 Å². The van der Waals surface area contributed by atoms with Crippen LogP contribution < -0.4 is 10.1 Å². The summed E-state index contributed by atoms with van der Waals surface area (Å²) in [6.45, 7) is 13.0. The third-order valence-electron chi connectivity index (χ3n) is 6.25. The highest BCUT2D eigenvalue weighted by atomic mass is 32.2. The van der Waals surface area contributed by atoms with Gasteiger partial charge in [-0.05, 0) is 64.3 Å². The Morgan fingerprint density at radius 1 is 1.16 bits per heavy atom. The molecule has 1 saturated heterocycles. The summed E-state index contributed by atoms with van der Waals surface area (Å²) in [6, 6.07) is 8.59. The first-order chi connectivity index (χ1) is 17.6. The minimum absolute atomic E-state index is 0.0151. The van der Waals surface area contributed by atoms with Crippen LogP contribution in [0.1, 0.15) is 77.5 Å². The van der Waals surface area contributed by atoms with Crippen molar-refractivity contribution in [1.82, 2.24) is 24.5 Å². The fraction of sp³-hybridized carbons (Fsp3) is 0.556. The van der Waals surface area contributed by atoms with E-state index in [1.165, 1.54) is 10.5 Å². The van der Waals surface area contributed by atoms with Crippen molar-refractivity contribution in [3.05, 3.63) is 41.6 Å². The van der Waals surface area contributed by atoms with Crippen molar-refractivity contribution in [2.24, 2.45) is 0 Å². The topological polar surface area (TPSA) is 93.9 Å². The zero-order valence-corrected chi connectivity index (χ0v) is 23.6. The number of carbonyl (C=O) groups excluding carboxylic acids is 1. The molecule has 1 fully saturated rings. The van der Waals surface area contributed by atoms with Gasteiger partial charge < -0.3 is 19.7 Å². The van der Waals surface area contributed by atoms with Gasteiger partial charge >= 0.3 is 12.1 Å². The molecule has 0 spiro atoms. The fourth-order valence-electron chi connectivity index (χ4n) is 4.40. The van der Waals surface area contributed by atoms with Gasteiger partial charge in [0.25, 0.3) is 0 Å². The Morgan fingerprint density at radius 2 is 1.92 bits per heavy atom. The van der Waals surface area contributed by atoms with Gasteiger partial charge in [0.2, 0.25) is 5.95 Å². The summed E-state index contributed by atoms with van der Waals surface area (Å²) < 4.78 is 13.6. The average molecular weight is 527 g/mol. The van der Waals surface area contributed by atoms with Crippen LogP contribution >= 0.6 is 11.8 Å². The van der Waals surface area contributed by atoms with E-state index in [9.17, 15) is 4.79 Å². The van der Waals surface area contributed by atoms with Crippen molar-refractivity contribution in [3.63, 3.8) is 0 Å². The number of nitrogens with zero attached hydrogens (tertiary/aromatic N) is 5. The zero-order chi connectivity index (χ0) is 26.7. The molecule has 1 amide bonds. The van der Waals surface area contributed by atoms with Gasteiger partial charge in [0.15, 0.2) is 5.65 Å². The number of anilines is 1. The van der Waals surface area contributed by atoms with Gasteiger partial charge in [-0.25, -0.2) is 4.79 Å². The van der Waals surface area contributed by atoms with Crippen LogP contribution in [0.4, 0.5) is 10.7 Å². The first-order valence-corrected chi connectivity index (χ1v) is 14.1. The number of fused-ring (bicyclic) bond motifs is 1. The highest BCUT2D eigenvalue weighted by Gasteiger charge is 2.29. The molecule has 37 heavy (non-hydrogen) atoms. The number of thioether (sulfide) groups is 1. The van der Waals surface area contributed by atoms with E-state index in [1.807, 2.05) is 39.1 Å². The minimum Gasteiger partial charge on any atom is -0.458 e. The Hall–Kier alpha value is -3.01. The van der Waals surface area contributed by atoms with Crippen molar-refractivity contribution in [2.45, 2.75) is 82.9 Å². The lowest BCUT2D eigenvalue weighted by atomic mass is 10.1. The van der Waals surface area contributed by atoms with Crippen LogP contribution in [0, 0.1) is 0 Å². The summed E-state index contributed by atoms with van der Waals surface area (Å²) in [6.07, 6.45) is 5.01. The van der Waals surface area contributed by atoms with Crippen LogP contribution in [0.3, 0.4) is 0 Å². The smallest absolute Gasteiger partial charge is 0.410 e. The van der Waals surface area contributed by atoms with Gasteiger partial charge in [0.1, 0.15) is 11.7 Å². The van der Waals surface area contributed by atoms with E-state index < -0.39 is 5.60 Å². The molecule has 4 rings (SSSR count). The fourth-order valence-corrected chi connectivity index (χ4v) is 5.09. The number of benzene rings is 1. The summed E-state index contributed by atoms with van der Waals surface area (Å²) in [4.78, 5) is 25.0. The number of ether oxygens (including phenoxy) is 2. The van der Waals surface area contributed by atoms with Crippen molar-refractivity contribution in [2.75, 3.05) is 24.7 Å². The molecular formula is C27H38N6O3S. The maximum atomic E-state index is 12.6. The number of piperidine rings is 1. The molecule has 0 bridgehead atoms. The Balaban J connectivity index is 1.61. The van der Waals surface area contributed by atoms with Gasteiger partial charge in [-0.15, -0.1) is 11.8 Å². The van der Waals surface area contributed by atoms with Gasteiger partial charge in [-0.1, -0.05) is 32.0 Å². The molecule has 9 nitrogen and oxygen atoms in total. The van der Waals surface area contributed by atoms with Crippen LogP contribution in [0.2, 0.25) is 0 Å². The van der Waals surface area contributed by atoms with Crippen LogP contribution in [0.25, 0.3) is 5.65 Å². The van der Waals surface area contributed by atoms with Gasteiger partial charge in [0.05, 0.1) is 18.8 Å². The van der Waals surface area contributed by atoms with Gasteiger partial charge in [-0.3, -0.25) is 0 Å². The highest BCUT2D eigenvalue weighted by molar-refractivity contribution is 7.98. The zero-order valence-electron chi connectivity index (χ0n) is 22.8. The molecule has 2 aromatic heterocycles. The van der Waals surface area contributed by atoms with E-state index in [1.54, 1.807) is 21.2 Å². The standard InChI is InChI=1S/C27H38N6O3S/c1-17(2)21-15-28-33-23(21)30-25(31-24(33)29-18(3)20-12-8-9-13-22(20)37-7)35-19-11-10-14-32(16-19)26(34)36-27(4,5)6/h8-9,12-13,15,17-19H,10-11,14,16H2,1-7H3,(H,29,30,31). The Bertz CT molecular complexity index is 1240. The third-order valence-corrected chi connectivity index (χ3v) is 7.06. The van der Waals surface area contributed by atoms with Crippen LogP contribution in [-0.4, -0.2) is 61.6 Å². The first kappa shape index (κ1) is 27.0. The summed E-state index contributed by atoms with van der Waals surface area (Å²) in [5, 5.41) is 8.12. The van der Waals surface area contributed by atoms with E-state index in [0.717, 1.165) is 18.4 Å². The molecule has 10 heteroatoms. The molecule has 1 aromatic carbocycles. The first-order valence-electron chi connectivity index (χ1n) is 12.9. The molecular weight excluding hydrogens is 488 g/mol. The maximum absolute atomic E-state index is 12.6. The number of hydrogen-bond acceptors (Lipinski definition) is 8. The minimum atomic E-state index is -0.541. The molecule has 2 atom stereocenters. The van der Waals surface area contributed by atoms with E-state index in [2.05, 4.69) is 49.6 Å². The van der Waals surface area contributed by atoms with Gasteiger partial charge in [-0.2, -0.15) is 19.6 Å². The second-order valence-electron chi connectivity index (χ2n) is 10.7. The lowest BCUT2D eigenvalue weighted by Crippen LogP contribution is -2.46. The van der Waals surface area contributed by atoms with Crippen molar-refractivity contribution in [1.29, 1.82) is 0 Å². The van der Waals surface area contributed by atoms with Crippen molar-refractivity contribution < 1.29 is 14.3 Å². The van der Waals surface area contributed by atoms with Crippen molar-refractivity contribution >= 4 is 29.5 Å². The molecule has 0 radical (unpaired) electrons. The van der Waals surface area contributed by atoms with E-state index in [-0.39, 0.29) is 30.2 Å². The van der Waals surface area contributed by atoms with Crippen molar-refractivity contribution in [3.8, 4) is 6.01 Å². The quantitative estimate of drug-likeness (QED) is 0.379. The Labute approximate surface area is 223 Å². The van der Waals surface area contributed by atoms with E-state index in [4.69, 9.17) is 19.4 Å². The largest absolute Gasteiger partial charge is 0.458 e. The molecule has 200 valence electrons. The number of nitrogens with one attached hydrogen (secondary N) is 1. The Kier molecular flexibility index (Phi) is 8.16. The number of hydrogen-bond donors (Lipinski definition) is 1. The molecule has 2 unspecified atom stereocenters. The molecule has 1 N–H and O–H groups in total. The van der Waals surface area contributed by atoms with E-state index >= 15 is 0 Å². The maximum Gasteiger partial charge on any atom is 0.410 e. The molecule has 3 heterocycles. The summed E-state index contributed by atoms with van der Waals surface area (Å²) in [5.41, 5.74) is 2.38. The van der Waals surface area contributed by atoms with Crippen LogP contribution in [0.15, 0.2) is 35.4 Å². The predicted molar refractivity (Wildman–Crippen MR) is 147 cm³/mol. The van der Waals surface area contributed by atoms with Crippen LogP contribution in [0.5, 0.6) is 6.01 Å². The lowest BCUT2D eigenvalue weighted by molar-refractivity contribution is 0.00662. The second kappa shape index (κ2) is 11.2. The average Bonchev–Trinajstić information content (AvgIpc) is 3.28. The van der Waals surface area contributed by atoms with Gasteiger partial charge in [0, 0.05) is 17.0 Å². The summed E-state index contributed by atoms with van der Waals surface area (Å²) >= 11 is 1.72. The predicted octanol–water partition coefficient (Wildman–Crippen LogP) is 5.92. The van der Waals surface area contributed by atoms with Crippen LogP contribution in [-0.2, 0) is 4.74 Å². The second-order valence-corrected chi connectivity index (χ2v) is 11.6. The monoisotopic (exact) mass is 526 g/mol.